The van der Waals surface area contributed by atoms with E-state index in [9.17, 15) is 9.59 Å². The molecule has 1 saturated carbocycles. The number of amides is 2. The Morgan fingerprint density at radius 2 is 1.93 bits per heavy atom. The smallest absolute Gasteiger partial charge is 0.236 e. The van der Waals surface area contributed by atoms with E-state index in [1.807, 2.05) is 6.92 Å². The van der Waals surface area contributed by atoms with Gasteiger partial charge in [-0.05, 0) is 19.3 Å². The number of nitrogens with one attached hydrogen (secondary N) is 1. The highest BCUT2D eigenvalue weighted by molar-refractivity contribution is 5.87. The average Bonchev–Trinajstić information content (AvgIpc) is 2.63. The first kappa shape index (κ1) is 11.0. The molecule has 0 aromatic heterocycles. The third kappa shape index (κ3) is 2.25. The zero-order valence-corrected chi connectivity index (χ0v) is 8.64. The third-order valence-electron chi connectivity index (χ3n) is 3.14. The van der Waals surface area contributed by atoms with Crippen LogP contribution < -0.4 is 11.1 Å². The predicted molar refractivity (Wildman–Crippen MR) is 53.4 cm³/mol. The minimum atomic E-state index is -0.484. The molecule has 14 heavy (non-hydrogen) atoms. The molecular weight excluding hydrogens is 180 g/mol. The second kappa shape index (κ2) is 4.44. The van der Waals surface area contributed by atoms with Crippen molar-refractivity contribution < 1.29 is 9.59 Å². The predicted octanol–water partition coefficient (Wildman–Crippen LogP) is 0.558. The lowest BCUT2D eigenvalue weighted by molar-refractivity contribution is -0.132. The summed E-state index contributed by atoms with van der Waals surface area (Å²) in [6.45, 7) is 1.98. The van der Waals surface area contributed by atoms with Crippen LogP contribution in [-0.2, 0) is 9.59 Å². The largest absolute Gasteiger partial charge is 0.368 e. The lowest BCUT2D eigenvalue weighted by Crippen LogP contribution is -2.42. The summed E-state index contributed by atoms with van der Waals surface area (Å²) >= 11 is 0. The molecule has 0 heterocycles. The molecule has 0 spiro atoms. The van der Waals surface area contributed by atoms with Crippen LogP contribution in [0.4, 0.5) is 0 Å². The maximum absolute atomic E-state index is 11.8. The highest BCUT2D eigenvalue weighted by Crippen LogP contribution is 2.40. The van der Waals surface area contributed by atoms with E-state index in [0.717, 1.165) is 32.1 Å². The van der Waals surface area contributed by atoms with Crippen LogP contribution in [0.3, 0.4) is 0 Å². The Morgan fingerprint density at radius 3 is 2.36 bits per heavy atom. The van der Waals surface area contributed by atoms with Crippen molar-refractivity contribution in [3.63, 3.8) is 0 Å². The van der Waals surface area contributed by atoms with Crippen LogP contribution in [0.1, 0.15) is 39.0 Å². The van der Waals surface area contributed by atoms with Crippen molar-refractivity contribution in [3.05, 3.63) is 0 Å². The van der Waals surface area contributed by atoms with Gasteiger partial charge in [0.05, 0.1) is 6.54 Å². The molecule has 0 aromatic rings. The maximum atomic E-state index is 11.8. The molecule has 1 fully saturated rings. The van der Waals surface area contributed by atoms with E-state index in [4.69, 9.17) is 5.73 Å². The van der Waals surface area contributed by atoms with Gasteiger partial charge in [-0.2, -0.15) is 0 Å². The molecule has 1 aliphatic rings. The normalized spacial score (nSPS) is 19.2. The van der Waals surface area contributed by atoms with E-state index >= 15 is 0 Å². The quantitative estimate of drug-likeness (QED) is 0.692. The molecule has 1 aliphatic carbocycles. The van der Waals surface area contributed by atoms with Gasteiger partial charge in [0.15, 0.2) is 0 Å². The van der Waals surface area contributed by atoms with Crippen LogP contribution in [-0.4, -0.2) is 18.4 Å². The van der Waals surface area contributed by atoms with Crippen LogP contribution in [0.15, 0.2) is 0 Å². The number of primary amides is 1. The summed E-state index contributed by atoms with van der Waals surface area (Å²) < 4.78 is 0. The topological polar surface area (TPSA) is 72.2 Å². The van der Waals surface area contributed by atoms with Crippen LogP contribution in [0, 0.1) is 5.41 Å². The molecule has 0 radical (unpaired) electrons. The molecule has 4 nitrogen and oxygen atoms in total. The van der Waals surface area contributed by atoms with Gasteiger partial charge in [0, 0.05) is 5.41 Å². The van der Waals surface area contributed by atoms with E-state index < -0.39 is 5.91 Å². The summed E-state index contributed by atoms with van der Waals surface area (Å²) in [6.07, 6.45) is 4.94. The number of carbonyl (C=O) groups is 2. The van der Waals surface area contributed by atoms with E-state index in [-0.39, 0.29) is 17.9 Å². The van der Waals surface area contributed by atoms with Gasteiger partial charge in [-0.15, -0.1) is 0 Å². The van der Waals surface area contributed by atoms with Gasteiger partial charge in [0.1, 0.15) is 0 Å². The highest BCUT2D eigenvalue weighted by Gasteiger charge is 2.39. The van der Waals surface area contributed by atoms with Crippen molar-refractivity contribution in [1.82, 2.24) is 5.32 Å². The molecule has 4 heteroatoms. The Balaban J connectivity index is 2.52. The molecule has 3 N–H and O–H groups in total. The summed E-state index contributed by atoms with van der Waals surface area (Å²) in [6, 6.07) is 0. The zero-order chi connectivity index (χ0) is 10.6. The number of rotatable bonds is 4. The van der Waals surface area contributed by atoms with Crippen LogP contribution in [0.5, 0.6) is 0 Å². The Bertz CT molecular complexity index is 232. The second-order valence-corrected chi connectivity index (χ2v) is 3.99. The van der Waals surface area contributed by atoms with Crippen molar-refractivity contribution in [1.29, 1.82) is 0 Å². The molecular formula is C10H18N2O2. The fourth-order valence-corrected chi connectivity index (χ4v) is 2.15. The van der Waals surface area contributed by atoms with E-state index in [1.165, 1.54) is 0 Å². The molecule has 0 saturated heterocycles. The average molecular weight is 198 g/mol. The monoisotopic (exact) mass is 198 g/mol. The fourth-order valence-electron chi connectivity index (χ4n) is 2.15. The third-order valence-corrected chi connectivity index (χ3v) is 3.14. The van der Waals surface area contributed by atoms with Crippen molar-refractivity contribution in [3.8, 4) is 0 Å². The maximum Gasteiger partial charge on any atom is 0.236 e. The fraction of sp³-hybridized carbons (Fsp3) is 0.800. The molecule has 0 bridgehead atoms. The summed E-state index contributed by atoms with van der Waals surface area (Å²) in [5.41, 5.74) is 4.74. The van der Waals surface area contributed by atoms with Crippen molar-refractivity contribution in [2.75, 3.05) is 6.54 Å². The van der Waals surface area contributed by atoms with E-state index in [2.05, 4.69) is 5.32 Å². The lowest BCUT2D eigenvalue weighted by Gasteiger charge is -2.25. The van der Waals surface area contributed by atoms with Gasteiger partial charge in [0.2, 0.25) is 11.8 Å². The van der Waals surface area contributed by atoms with Crippen molar-refractivity contribution >= 4 is 11.8 Å². The van der Waals surface area contributed by atoms with Crippen LogP contribution in [0.2, 0.25) is 0 Å². The van der Waals surface area contributed by atoms with Gasteiger partial charge in [-0.1, -0.05) is 19.8 Å². The van der Waals surface area contributed by atoms with Gasteiger partial charge >= 0.3 is 0 Å². The number of carbonyl (C=O) groups excluding carboxylic acids is 2. The minimum absolute atomic E-state index is 0.00343. The van der Waals surface area contributed by atoms with E-state index in [0.29, 0.717) is 0 Å². The van der Waals surface area contributed by atoms with Gasteiger partial charge in [0.25, 0.3) is 0 Å². The second-order valence-electron chi connectivity index (χ2n) is 3.99. The molecule has 0 aromatic carbocycles. The molecule has 0 unspecified atom stereocenters. The summed E-state index contributed by atoms with van der Waals surface area (Å²) in [7, 11) is 0. The summed E-state index contributed by atoms with van der Waals surface area (Å²) in [5.74, 6) is -0.487. The van der Waals surface area contributed by atoms with Crippen molar-refractivity contribution in [2.24, 2.45) is 11.1 Å². The van der Waals surface area contributed by atoms with Crippen molar-refractivity contribution in [2.45, 2.75) is 39.0 Å². The Kier molecular flexibility index (Phi) is 3.49. The SMILES string of the molecule is CCC1(C(=O)NCC(N)=O)CCCC1. The minimum Gasteiger partial charge on any atom is -0.368 e. The number of hydrogen-bond donors (Lipinski definition) is 2. The zero-order valence-electron chi connectivity index (χ0n) is 8.64. The van der Waals surface area contributed by atoms with Gasteiger partial charge in [-0.25, -0.2) is 0 Å². The number of hydrogen-bond acceptors (Lipinski definition) is 2. The standard InChI is InChI=1S/C10H18N2O2/c1-2-10(5-3-4-6-10)9(14)12-7-8(11)13/h2-7H2,1H3,(H2,11,13)(H,12,14). The molecule has 0 aliphatic heterocycles. The first-order valence-electron chi connectivity index (χ1n) is 5.17. The molecule has 0 atom stereocenters. The Morgan fingerprint density at radius 1 is 1.36 bits per heavy atom. The lowest BCUT2D eigenvalue weighted by atomic mass is 9.82. The molecule has 80 valence electrons. The van der Waals surface area contributed by atoms with Crippen LogP contribution in [0.25, 0.3) is 0 Å². The molecule has 1 rings (SSSR count). The summed E-state index contributed by atoms with van der Waals surface area (Å²) in [5, 5.41) is 2.60. The Hall–Kier alpha value is -1.06. The first-order chi connectivity index (χ1) is 6.60. The highest BCUT2D eigenvalue weighted by atomic mass is 16.2. The summed E-state index contributed by atoms with van der Waals surface area (Å²) in [4.78, 5) is 22.3. The first-order valence-corrected chi connectivity index (χ1v) is 5.17. The van der Waals surface area contributed by atoms with Crippen LogP contribution >= 0.6 is 0 Å². The van der Waals surface area contributed by atoms with E-state index in [1.54, 1.807) is 0 Å². The number of nitrogens with two attached hydrogens (primary N) is 1. The van der Waals surface area contributed by atoms with Gasteiger partial charge in [-0.3, -0.25) is 9.59 Å². The molecule has 2 amide bonds. The Labute approximate surface area is 84.2 Å². The van der Waals surface area contributed by atoms with Gasteiger partial charge < -0.3 is 11.1 Å².